The molecule has 21 heavy (non-hydrogen) atoms. The van der Waals surface area contributed by atoms with Crippen molar-refractivity contribution in [2.45, 2.75) is 26.4 Å². The summed E-state index contributed by atoms with van der Waals surface area (Å²) in [6, 6.07) is 6.66. The van der Waals surface area contributed by atoms with Crippen molar-refractivity contribution in [1.82, 2.24) is 4.90 Å². The van der Waals surface area contributed by atoms with Crippen LogP contribution in [0.4, 0.5) is 5.69 Å². The minimum atomic E-state index is -0.706. The number of amides is 2. The first-order chi connectivity index (χ1) is 9.97. The number of nitrogens with two attached hydrogens (primary N) is 1. The van der Waals surface area contributed by atoms with Crippen LogP contribution in [0.3, 0.4) is 0 Å². The molecule has 0 bridgehead atoms. The molecular weight excluding hydrogens is 270 g/mol. The molecule has 0 aliphatic rings. The van der Waals surface area contributed by atoms with Gasteiger partial charge in [0, 0.05) is 32.8 Å². The van der Waals surface area contributed by atoms with Crippen LogP contribution in [-0.4, -0.2) is 43.0 Å². The van der Waals surface area contributed by atoms with Gasteiger partial charge in [0.05, 0.1) is 6.61 Å². The van der Waals surface area contributed by atoms with Crippen LogP contribution in [0.2, 0.25) is 0 Å². The van der Waals surface area contributed by atoms with Gasteiger partial charge in [-0.25, -0.2) is 0 Å². The number of nitrogens with zero attached hydrogens (tertiary/aromatic N) is 1. The molecule has 0 spiro atoms. The third-order valence-electron chi connectivity index (χ3n) is 3.08. The third-order valence-corrected chi connectivity index (χ3v) is 3.08. The summed E-state index contributed by atoms with van der Waals surface area (Å²) >= 11 is 0. The molecule has 1 aromatic carbocycles. The molecule has 0 radical (unpaired) electrons. The van der Waals surface area contributed by atoms with Crippen LogP contribution < -0.4 is 11.1 Å². The lowest BCUT2D eigenvalue weighted by Gasteiger charge is -2.19. The Morgan fingerprint density at radius 2 is 2.14 bits per heavy atom. The van der Waals surface area contributed by atoms with Gasteiger partial charge < -0.3 is 20.7 Å². The minimum Gasteiger partial charge on any atom is -0.383 e. The van der Waals surface area contributed by atoms with Gasteiger partial charge in [-0.2, -0.15) is 0 Å². The fraction of sp³-hybridized carbons (Fsp3) is 0.467. The summed E-state index contributed by atoms with van der Waals surface area (Å²) in [5.41, 5.74) is 7.27. The first-order valence-corrected chi connectivity index (χ1v) is 6.87. The number of carbonyl (C=O) groups excluding carboxylic acids is 2. The van der Waals surface area contributed by atoms with Crippen LogP contribution in [0.5, 0.6) is 0 Å². The van der Waals surface area contributed by atoms with E-state index in [2.05, 4.69) is 5.32 Å². The molecule has 0 aliphatic carbocycles. The topological polar surface area (TPSA) is 84.7 Å². The van der Waals surface area contributed by atoms with Crippen molar-refractivity contribution in [3.8, 4) is 0 Å². The summed E-state index contributed by atoms with van der Waals surface area (Å²) in [5, 5.41) is 2.74. The van der Waals surface area contributed by atoms with Crippen molar-refractivity contribution in [2.24, 2.45) is 5.73 Å². The predicted octanol–water partition coefficient (Wildman–Crippen LogP) is 0.967. The normalized spacial score (nSPS) is 11.8. The highest BCUT2D eigenvalue weighted by Crippen LogP contribution is 2.13. The molecule has 116 valence electrons. The van der Waals surface area contributed by atoms with Crippen molar-refractivity contribution in [3.05, 3.63) is 29.8 Å². The average molecular weight is 293 g/mol. The minimum absolute atomic E-state index is 0.0223. The molecule has 0 aromatic heterocycles. The number of hydrogen-bond acceptors (Lipinski definition) is 4. The van der Waals surface area contributed by atoms with E-state index in [9.17, 15) is 9.59 Å². The van der Waals surface area contributed by atoms with Crippen molar-refractivity contribution in [1.29, 1.82) is 0 Å². The zero-order chi connectivity index (χ0) is 15.8. The van der Waals surface area contributed by atoms with Gasteiger partial charge in [-0.15, -0.1) is 0 Å². The van der Waals surface area contributed by atoms with Crippen molar-refractivity contribution >= 4 is 17.5 Å². The van der Waals surface area contributed by atoms with Crippen molar-refractivity contribution in [3.63, 3.8) is 0 Å². The quantitative estimate of drug-likeness (QED) is 0.784. The molecule has 1 aromatic rings. The average Bonchev–Trinajstić information content (AvgIpc) is 2.45. The van der Waals surface area contributed by atoms with Gasteiger partial charge in [0.25, 0.3) is 0 Å². The summed E-state index contributed by atoms with van der Waals surface area (Å²) in [5.74, 6) is -0.276. The number of rotatable bonds is 7. The summed E-state index contributed by atoms with van der Waals surface area (Å²) in [7, 11) is 1.49. The molecule has 0 heterocycles. The Kier molecular flexibility index (Phi) is 6.84. The molecule has 3 N–H and O–H groups in total. The molecule has 1 atom stereocenters. The predicted molar refractivity (Wildman–Crippen MR) is 81.7 cm³/mol. The molecule has 6 heteroatoms. The van der Waals surface area contributed by atoms with Gasteiger partial charge in [-0.05, 0) is 24.6 Å². The fourth-order valence-electron chi connectivity index (χ4n) is 1.90. The van der Waals surface area contributed by atoms with Crippen molar-refractivity contribution < 1.29 is 14.3 Å². The Bertz CT molecular complexity index is 491. The molecule has 1 unspecified atom stereocenters. The maximum atomic E-state index is 11.8. The Morgan fingerprint density at radius 3 is 2.71 bits per heavy atom. The zero-order valence-electron chi connectivity index (χ0n) is 12.8. The lowest BCUT2D eigenvalue weighted by molar-refractivity contribution is -0.129. The summed E-state index contributed by atoms with van der Waals surface area (Å²) in [6.45, 7) is 4.79. The number of methoxy groups -OCH3 is 1. The van der Waals surface area contributed by atoms with E-state index in [1.807, 2.05) is 25.1 Å². The molecule has 2 amide bonds. The molecule has 1 rings (SSSR count). The Morgan fingerprint density at radius 1 is 1.43 bits per heavy atom. The van der Waals surface area contributed by atoms with Crippen LogP contribution in [0.15, 0.2) is 24.3 Å². The van der Waals surface area contributed by atoms with E-state index in [1.165, 1.54) is 7.11 Å². The second kappa shape index (κ2) is 8.39. The van der Waals surface area contributed by atoms with Crippen LogP contribution >= 0.6 is 0 Å². The molecule has 0 saturated heterocycles. The largest absolute Gasteiger partial charge is 0.383 e. The SMILES string of the molecule is CCN(Cc1cccc(NC(=O)C(N)COC)c1)C(C)=O. The van der Waals surface area contributed by atoms with E-state index in [4.69, 9.17) is 10.5 Å². The number of benzene rings is 1. The summed E-state index contributed by atoms with van der Waals surface area (Å²) in [6.07, 6.45) is 0. The molecule has 0 fully saturated rings. The van der Waals surface area contributed by atoms with Crippen LogP contribution in [0.1, 0.15) is 19.4 Å². The Hall–Kier alpha value is -1.92. The highest BCUT2D eigenvalue weighted by atomic mass is 16.5. The number of nitrogens with one attached hydrogen (secondary N) is 1. The van der Waals surface area contributed by atoms with Gasteiger partial charge >= 0.3 is 0 Å². The zero-order valence-corrected chi connectivity index (χ0v) is 12.8. The molecule has 0 saturated carbocycles. The molecular formula is C15H23N3O3. The second-order valence-corrected chi connectivity index (χ2v) is 4.78. The van der Waals surface area contributed by atoms with E-state index >= 15 is 0 Å². The van der Waals surface area contributed by atoms with Gasteiger partial charge in [0.1, 0.15) is 6.04 Å². The number of hydrogen-bond donors (Lipinski definition) is 2. The van der Waals surface area contributed by atoms with E-state index < -0.39 is 6.04 Å². The van der Waals surface area contributed by atoms with Crippen LogP contribution in [0.25, 0.3) is 0 Å². The lowest BCUT2D eigenvalue weighted by Crippen LogP contribution is -2.39. The number of anilines is 1. The van der Waals surface area contributed by atoms with Gasteiger partial charge in [0.2, 0.25) is 11.8 Å². The van der Waals surface area contributed by atoms with Crippen molar-refractivity contribution in [2.75, 3.05) is 25.6 Å². The summed E-state index contributed by atoms with van der Waals surface area (Å²) < 4.78 is 4.85. The highest BCUT2D eigenvalue weighted by Gasteiger charge is 2.13. The Balaban J connectivity index is 2.72. The smallest absolute Gasteiger partial charge is 0.243 e. The Labute approximate surface area is 125 Å². The standard InChI is InChI=1S/C15H23N3O3/c1-4-18(11(2)19)9-12-6-5-7-13(8-12)17-15(20)14(16)10-21-3/h5-8,14H,4,9-10,16H2,1-3H3,(H,17,20). The van der Waals surface area contributed by atoms with E-state index in [-0.39, 0.29) is 18.4 Å². The van der Waals surface area contributed by atoms with Crippen LogP contribution in [-0.2, 0) is 20.9 Å². The maximum Gasteiger partial charge on any atom is 0.243 e. The maximum absolute atomic E-state index is 11.8. The monoisotopic (exact) mass is 293 g/mol. The van der Waals surface area contributed by atoms with Gasteiger partial charge in [-0.1, -0.05) is 12.1 Å². The summed E-state index contributed by atoms with van der Waals surface area (Å²) in [4.78, 5) is 25.0. The van der Waals surface area contributed by atoms with Gasteiger partial charge in [0.15, 0.2) is 0 Å². The first-order valence-electron chi connectivity index (χ1n) is 6.87. The van der Waals surface area contributed by atoms with E-state index in [0.29, 0.717) is 18.8 Å². The van der Waals surface area contributed by atoms with Gasteiger partial charge in [-0.3, -0.25) is 9.59 Å². The van der Waals surface area contributed by atoms with E-state index in [0.717, 1.165) is 5.56 Å². The van der Waals surface area contributed by atoms with Crippen LogP contribution in [0, 0.1) is 0 Å². The number of ether oxygens (including phenoxy) is 1. The second-order valence-electron chi connectivity index (χ2n) is 4.78. The first kappa shape index (κ1) is 17.1. The van der Waals surface area contributed by atoms with E-state index in [1.54, 1.807) is 17.9 Å². The fourth-order valence-corrected chi connectivity index (χ4v) is 1.90. The molecule has 0 aliphatic heterocycles. The highest BCUT2D eigenvalue weighted by molar-refractivity contribution is 5.94. The molecule has 6 nitrogen and oxygen atoms in total. The lowest BCUT2D eigenvalue weighted by atomic mass is 10.1. The third kappa shape index (κ3) is 5.53. The number of carbonyl (C=O) groups is 2.